The van der Waals surface area contributed by atoms with Crippen molar-refractivity contribution in [2.45, 2.75) is 25.3 Å². The fourth-order valence-electron chi connectivity index (χ4n) is 3.99. The minimum Gasteiger partial charge on any atom is -0.507 e. The molecule has 0 spiro atoms. The number of rotatable bonds is 3. The van der Waals surface area contributed by atoms with Crippen LogP contribution in [0, 0.1) is 0 Å². The molecule has 0 bridgehead atoms. The molecule has 2 aromatic rings. The smallest absolute Gasteiger partial charge is 0.258 e. The molecule has 1 saturated heterocycles. The van der Waals surface area contributed by atoms with Crippen LogP contribution in [0.25, 0.3) is 0 Å². The van der Waals surface area contributed by atoms with Gasteiger partial charge in [0, 0.05) is 18.8 Å². The maximum absolute atomic E-state index is 13.2. The third kappa shape index (κ3) is 3.01. The summed E-state index contributed by atoms with van der Waals surface area (Å²) in [7, 11) is 1.63. The minimum absolute atomic E-state index is 0.0554. The first-order valence-electron chi connectivity index (χ1n) is 9.17. The highest BCUT2D eigenvalue weighted by molar-refractivity contribution is 6.04. The molecule has 0 aromatic heterocycles. The third-order valence-electron chi connectivity index (χ3n) is 5.38. The van der Waals surface area contributed by atoms with Crippen LogP contribution < -0.4 is 9.64 Å². The van der Waals surface area contributed by atoms with Crippen molar-refractivity contribution in [3.05, 3.63) is 53.6 Å². The number of amides is 2. The number of hydrogen-bond acceptors (Lipinski definition) is 4. The van der Waals surface area contributed by atoms with Gasteiger partial charge in [0.1, 0.15) is 17.5 Å². The van der Waals surface area contributed by atoms with Crippen molar-refractivity contribution in [2.24, 2.45) is 0 Å². The van der Waals surface area contributed by atoms with Crippen molar-refractivity contribution in [3.63, 3.8) is 0 Å². The summed E-state index contributed by atoms with van der Waals surface area (Å²) in [5, 5.41) is 10.0. The summed E-state index contributed by atoms with van der Waals surface area (Å²) in [4.78, 5) is 29.5. The number of nitrogens with zero attached hydrogens (tertiary/aromatic N) is 2. The molecule has 2 amide bonds. The Morgan fingerprint density at radius 3 is 2.74 bits per heavy atom. The van der Waals surface area contributed by atoms with Crippen LogP contribution in [0.1, 0.15) is 28.8 Å². The summed E-state index contributed by atoms with van der Waals surface area (Å²) < 4.78 is 5.26. The Kier molecular flexibility index (Phi) is 4.48. The zero-order valence-corrected chi connectivity index (χ0v) is 15.2. The molecule has 4 rings (SSSR count). The summed E-state index contributed by atoms with van der Waals surface area (Å²) in [6.45, 7) is 1.13. The van der Waals surface area contributed by atoms with Crippen LogP contribution >= 0.6 is 0 Å². The highest BCUT2D eigenvalue weighted by Crippen LogP contribution is 2.34. The monoisotopic (exact) mass is 366 g/mol. The van der Waals surface area contributed by atoms with E-state index in [1.54, 1.807) is 35.1 Å². The summed E-state index contributed by atoms with van der Waals surface area (Å²) >= 11 is 0. The van der Waals surface area contributed by atoms with E-state index in [0.717, 1.165) is 29.8 Å². The summed E-state index contributed by atoms with van der Waals surface area (Å²) in [6.07, 6.45) is 2.19. The summed E-state index contributed by atoms with van der Waals surface area (Å²) in [5.41, 5.74) is 2.21. The average molecular weight is 366 g/mol. The van der Waals surface area contributed by atoms with Gasteiger partial charge in [0.15, 0.2) is 0 Å². The number of anilines is 1. The van der Waals surface area contributed by atoms with Gasteiger partial charge in [0.25, 0.3) is 5.91 Å². The van der Waals surface area contributed by atoms with Gasteiger partial charge in [-0.2, -0.15) is 0 Å². The standard InChI is InChI=1S/C21H22N2O4/c1-27-15-8-9-17-14(13-15)10-12-23(17)21(26)18-6-4-11-22(18)20(25)16-5-2-3-7-19(16)24/h2-3,5,7-9,13,18,24H,4,6,10-12H2,1H3/t18-/m1/s1. The van der Waals surface area contributed by atoms with E-state index in [-0.39, 0.29) is 23.1 Å². The van der Waals surface area contributed by atoms with Gasteiger partial charge in [-0.3, -0.25) is 9.59 Å². The van der Waals surface area contributed by atoms with Crippen molar-refractivity contribution in [1.82, 2.24) is 4.90 Å². The largest absolute Gasteiger partial charge is 0.507 e. The highest BCUT2D eigenvalue weighted by Gasteiger charge is 2.39. The maximum Gasteiger partial charge on any atom is 0.258 e. The van der Waals surface area contributed by atoms with Crippen LogP contribution in [0.3, 0.4) is 0 Å². The predicted octanol–water partition coefficient (Wildman–Crippen LogP) is 2.59. The maximum atomic E-state index is 13.2. The molecule has 2 aromatic carbocycles. The molecular weight excluding hydrogens is 344 g/mol. The predicted molar refractivity (Wildman–Crippen MR) is 101 cm³/mol. The van der Waals surface area contributed by atoms with E-state index in [4.69, 9.17) is 4.74 Å². The zero-order chi connectivity index (χ0) is 19.0. The molecular formula is C21H22N2O4. The molecule has 27 heavy (non-hydrogen) atoms. The molecule has 0 unspecified atom stereocenters. The molecule has 0 saturated carbocycles. The van der Waals surface area contributed by atoms with Gasteiger partial charge in [-0.25, -0.2) is 0 Å². The Labute approximate surface area is 158 Å². The first kappa shape index (κ1) is 17.4. The van der Waals surface area contributed by atoms with Crippen LogP contribution in [-0.2, 0) is 11.2 Å². The molecule has 2 heterocycles. The van der Waals surface area contributed by atoms with Gasteiger partial charge >= 0.3 is 0 Å². The Hall–Kier alpha value is -3.02. The number of carbonyl (C=O) groups excluding carboxylic acids is 2. The highest BCUT2D eigenvalue weighted by atomic mass is 16.5. The average Bonchev–Trinajstić information content (AvgIpc) is 3.34. The van der Waals surface area contributed by atoms with Crippen molar-refractivity contribution in [2.75, 3.05) is 25.1 Å². The number of ether oxygens (including phenoxy) is 1. The summed E-state index contributed by atoms with van der Waals surface area (Å²) in [5.74, 6) is 0.373. The Bertz CT molecular complexity index is 896. The lowest BCUT2D eigenvalue weighted by molar-refractivity contribution is -0.122. The van der Waals surface area contributed by atoms with Crippen LogP contribution in [0.4, 0.5) is 5.69 Å². The quantitative estimate of drug-likeness (QED) is 0.907. The minimum atomic E-state index is -0.495. The van der Waals surface area contributed by atoms with E-state index in [0.29, 0.717) is 19.5 Å². The molecule has 6 nitrogen and oxygen atoms in total. The van der Waals surface area contributed by atoms with Crippen molar-refractivity contribution in [3.8, 4) is 11.5 Å². The lowest BCUT2D eigenvalue weighted by Gasteiger charge is -2.28. The van der Waals surface area contributed by atoms with E-state index >= 15 is 0 Å². The molecule has 1 fully saturated rings. The Morgan fingerprint density at radius 1 is 1.15 bits per heavy atom. The molecule has 6 heteroatoms. The normalized spacial score (nSPS) is 18.5. The van der Waals surface area contributed by atoms with Crippen molar-refractivity contribution >= 4 is 17.5 Å². The molecule has 0 aliphatic carbocycles. The fraction of sp³-hybridized carbons (Fsp3) is 0.333. The zero-order valence-electron chi connectivity index (χ0n) is 15.2. The van der Waals surface area contributed by atoms with Gasteiger partial charge in [0.2, 0.25) is 5.91 Å². The molecule has 2 aliphatic rings. The van der Waals surface area contributed by atoms with Gasteiger partial charge in [-0.15, -0.1) is 0 Å². The third-order valence-corrected chi connectivity index (χ3v) is 5.38. The van der Waals surface area contributed by atoms with Crippen LogP contribution in [0.2, 0.25) is 0 Å². The SMILES string of the molecule is COc1ccc2c(c1)CCN2C(=O)[C@H]1CCCN1C(=O)c1ccccc1O. The second kappa shape index (κ2) is 6.95. The van der Waals surface area contributed by atoms with Gasteiger partial charge in [-0.05, 0) is 55.2 Å². The lowest BCUT2D eigenvalue weighted by Crippen LogP contribution is -2.47. The number of phenolic OH excluding ortho intramolecular Hbond substituents is 1. The number of carbonyl (C=O) groups is 2. The summed E-state index contributed by atoms with van der Waals surface area (Å²) in [6, 6.07) is 11.7. The van der Waals surface area contributed by atoms with Crippen LogP contribution in [0.5, 0.6) is 11.5 Å². The number of benzene rings is 2. The van der Waals surface area contributed by atoms with E-state index in [9.17, 15) is 14.7 Å². The van der Waals surface area contributed by atoms with Crippen molar-refractivity contribution in [1.29, 1.82) is 0 Å². The van der Waals surface area contributed by atoms with Gasteiger partial charge < -0.3 is 19.6 Å². The first-order chi connectivity index (χ1) is 13.1. The van der Waals surface area contributed by atoms with Crippen LogP contribution in [0.15, 0.2) is 42.5 Å². The number of para-hydroxylation sites is 1. The topological polar surface area (TPSA) is 70.1 Å². The Balaban J connectivity index is 1.58. The molecule has 2 aliphatic heterocycles. The van der Waals surface area contributed by atoms with Crippen molar-refractivity contribution < 1.29 is 19.4 Å². The van der Waals surface area contributed by atoms with E-state index in [1.165, 1.54) is 6.07 Å². The number of hydrogen-bond donors (Lipinski definition) is 1. The lowest BCUT2D eigenvalue weighted by atomic mass is 10.1. The van der Waals surface area contributed by atoms with Gasteiger partial charge in [0.05, 0.1) is 12.7 Å². The molecule has 1 N–H and O–H groups in total. The molecule has 1 atom stereocenters. The Morgan fingerprint density at radius 2 is 1.96 bits per heavy atom. The second-order valence-corrected chi connectivity index (χ2v) is 6.91. The van der Waals surface area contributed by atoms with Crippen LogP contribution in [-0.4, -0.2) is 48.1 Å². The molecule has 0 radical (unpaired) electrons. The first-order valence-corrected chi connectivity index (χ1v) is 9.17. The second-order valence-electron chi connectivity index (χ2n) is 6.91. The number of phenols is 1. The number of fused-ring (bicyclic) bond motifs is 1. The van der Waals surface area contributed by atoms with E-state index in [1.807, 2.05) is 18.2 Å². The van der Waals surface area contributed by atoms with E-state index in [2.05, 4.69) is 0 Å². The molecule has 140 valence electrons. The number of methoxy groups -OCH3 is 1. The number of aromatic hydroxyl groups is 1. The fourth-order valence-corrected chi connectivity index (χ4v) is 3.99. The van der Waals surface area contributed by atoms with Gasteiger partial charge in [-0.1, -0.05) is 12.1 Å². The number of likely N-dealkylation sites (tertiary alicyclic amines) is 1. The van der Waals surface area contributed by atoms with E-state index < -0.39 is 6.04 Å².